The van der Waals surface area contributed by atoms with Crippen molar-refractivity contribution in [1.82, 2.24) is 19.8 Å². The highest BCUT2D eigenvalue weighted by Crippen LogP contribution is 2.25. The van der Waals surface area contributed by atoms with Gasteiger partial charge in [-0.05, 0) is 30.9 Å². The molecule has 8 nitrogen and oxygen atoms in total. The van der Waals surface area contributed by atoms with Gasteiger partial charge in [0, 0.05) is 32.7 Å². The molecule has 3 amide bonds. The summed E-state index contributed by atoms with van der Waals surface area (Å²) >= 11 is 0. The summed E-state index contributed by atoms with van der Waals surface area (Å²) in [5.74, 6) is -0.293. The fraction of sp³-hybridized carbons (Fsp3) is 0.500. The highest BCUT2D eigenvalue weighted by molar-refractivity contribution is 7.89. The highest BCUT2D eigenvalue weighted by atomic mass is 32.2. The van der Waals surface area contributed by atoms with E-state index < -0.39 is 15.3 Å². The number of carbonyl (C=O) groups is 2. The van der Waals surface area contributed by atoms with Gasteiger partial charge in [-0.15, -0.1) is 0 Å². The molecule has 1 aromatic rings. The van der Waals surface area contributed by atoms with Crippen LogP contribution in [0.5, 0.6) is 0 Å². The quantitative estimate of drug-likeness (QED) is 0.635. The molecular formula is C20H28N4O4S. The third kappa shape index (κ3) is 5.36. The zero-order valence-electron chi connectivity index (χ0n) is 16.4. The lowest BCUT2D eigenvalue weighted by Crippen LogP contribution is -2.62. The molecule has 0 atom stereocenters. The first kappa shape index (κ1) is 21.3. The molecule has 0 radical (unpaired) electrons. The number of nitrogens with zero attached hydrogens (tertiary/aromatic N) is 2. The lowest BCUT2D eigenvalue weighted by atomic mass is 10.1. The Bertz CT molecular complexity index is 829. The standard InChI is InChI=1S/C20H28N4O4S/c1-2-19(25)22-17-14-24(15-17)29(27,28)18-9-12-23(13-10-18)20(26)21-11-8-16-6-4-3-5-7-16/h2-7,17-18H,1,8-15H2,(H,21,26)(H,22,25). The molecule has 0 aromatic heterocycles. The van der Waals surface area contributed by atoms with Gasteiger partial charge in [0.2, 0.25) is 15.9 Å². The lowest BCUT2D eigenvalue weighted by Gasteiger charge is -2.41. The molecule has 2 N–H and O–H groups in total. The number of carbonyl (C=O) groups excluding carboxylic acids is 2. The van der Waals surface area contributed by atoms with E-state index in [4.69, 9.17) is 0 Å². The van der Waals surface area contributed by atoms with Crippen molar-refractivity contribution in [3.63, 3.8) is 0 Å². The smallest absolute Gasteiger partial charge is 0.317 e. The van der Waals surface area contributed by atoms with E-state index in [1.807, 2.05) is 30.3 Å². The summed E-state index contributed by atoms with van der Waals surface area (Å²) in [5.41, 5.74) is 1.16. The van der Waals surface area contributed by atoms with Gasteiger partial charge in [0.15, 0.2) is 0 Å². The molecule has 2 heterocycles. The molecule has 0 saturated carbocycles. The molecule has 0 spiro atoms. The maximum Gasteiger partial charge on any atom is 0.317 e. The van der Waals surface area contributed by atoms with Crippen molar-refractivity contribution in [1.29, 1.82) is 0 Å². The molecule has 2 fully saturated rings. The van der Waals surface area contributed by atoms with E-state index in [-0.39, 0.29) is 18.0 Å². The highest BCUT2D eigenvalue weighted by Gasteiger charge is 2.42. The number of rotatable bonds is 7. The van der Waals surface area contributed by atoms with Gasteiger partial charge < -0.3 is 15.5 Å². The monoisotopic (exact) mass is 420 g/mol. The van der Waals surface area contributed by atoms with Crippen LogP contribution in [0.15, 0.2) is 43.0 Å². The normalized spacial score (nSPS) is 18.7. The average molecular weight is 421 g/mol. The van der Waals surface area contributed by atoms with Crippen LogP contribution in [0.1, 0.15) is 18.4 Å². The minimum Gasteiger partial charge on any atom is -0.347 e. The van der Waals surface area contributed by atoms with Gasteiger partial charge in [-0.2, -0.15) is 4.31 Å². The summed E-state index contributed by atoms with van der Waals surface area (Å²) in [4.78, 5) is 25.3. The van der Waals surface area contributed by atoms with Crippen molar-refractivity contribution >= 4 is 22.0 Å². The van der Waals surface area contributed by atoms with Crippen LogP contribution in [0.4, 0.5) is 4.79 Å². The molecule has 0 aliphatic carbocycles. The van der Waals surface area contributed by atoms with Crippen LogP contribution < -0.4 is 10.6 Å². The van der Waals surface area contributed by atoms with Gasteiger partial charge >= 0.3 is 6.03 Å². The van der Waals surface area contributed by atoms with Crippen LogP contribution in [0.3, 0.4) is 0 Å². The predicted molar refractivity (Wildman–Crippen MR) is 111 cm³/mol. The molecule has 2 aliphatic rings. The van der Waals surface area contributed by atoms with E-state index in [0.717, 1.165) is 12.0 Å². The minimum absolute atomic E-state index is 0.145. The third-order valence-electron chi connectivity index (χ3n) is 5.42. The van der Waals surface area contributed by atoms with Gasteiger partial charge in [-0.3, -0.25) is 4.79 Å². The Morgan fingerprint density at radius 2 is 1.79 bits per heavy atom. The summed E-state index contributed by atoms with van der Waals surface area (Å²) in [6, 6.07) is 9.63. The van der Waals surface area contributed by atoms with Crippen LogP contribution in [-0.2, 0) is 21.2 Å². The number of piperidine rings is 1. The number of benzene rings is 1. The minimum atomic E-state index is -3.41. The van der Waals surface area contributed by atoms with Crippen LogP contribution in [0.2, 0.25) is 0 Å². The Balaban J connectivity index is 1.40. The lowest BCUT2D eigenvalue weighted by molar-refractivity contribution is -0.117. The van der Waals surface area contributed by atoms with Gasteiger partial charge in [-0.25, -0.2) is 13.2 Å². The molecular weight excluding hydrogens is 392 g/mol. The van der Waals surface area contributed by atoms with Crippen LogP contribution in [0, 0.1) is 0 Å². The van der Waals surface area contributed by atoms with Crippen molar-refractivity contribution in [2.45, 2.75) is 30.6 Å². The van der Waals surface area contributed by atoms with Crippen molar-refractivity contribution in [2.75, 3.05) is 32.7 Å². The van der Waals surface area contributed by atoms with E-state index in [9.17, 15) is 18.0 Å². The molecule has 3 rings (SSSR count). The largest absolute Gasteiger partial charge is 0.347 e. The Morgan fingerprint density at radius 1 is 1.14 bits per heavy atom. The first-order chi connectivity index (χ1) is 13.9. The first-order valence-electron chi connectivity index (χ1n) is 9.88. The summed E-state index contributed by atoms with van der Waals surface area (Å²) in [6.07, 6.45) is 2.79. The van der Waals surface area contributed by atoms with Crippen LogP contribution >= 0.6 is 0 Å². The van der Waals surface area contributed by atoms with Crippen LogP contribution in [-0.4, -0.2) is 73.6 Å². The average Bonchev–Trinajstić information content (AvgIpc) is 2.70. The molecule has 2 aliphatic heterocycles. The SMILES string of the molecule is C=CC(=O)NC1CN(S(=O)(=O)C2CCN(C(=O)NCCc3ccccc3)CC2)C1. The molecule has 1 aromatic carbocycles. The third-order valence-corrected chi connectivity index (χ3v) is 7.75. The molecule has 0 bridgehead atoms. The summed E-state index contributed by atoms with van der Waals surface area (Å²) in [6.45, 7) is 5.37. The Hall–Kier alpha value is -2.39. The second-order valence-electron chi connectivity index (χ2n) is 7.43. The number of hydrogen-bond donors (Lipinski definition) is 2. The topological polar surface area (TPSA) is 98.8 Å². The second-order valence-corrected chi connectivity index (χ2v) is 9.64. The van der Waals surface area contributed by atoms with Gasteiger partial charge in [0.25, 0.3) is 0 Å². The molecule has 29 heavy (non-hydrogen) atoms. The summed E-state index contributed by atoms with van der Waals surface area (Å²) < 4.78 is 26.9. The Labute approximate surface area is 172 Å². The van der Waals surface area contributed by atoms with E-state index in [1.165, 1.54) is 10.4 Å². The van der Waals surface area contributed by atoms with Gasteiger partial charge in [0.05, 0.1) is 11.3 Å². The van der Waals surface area contributed by atoms with E-state index >= 15 is 0 Å². The van der Waals surface area contributed by atoms with Crippen molar-refractivity contribution < 1.29 is 18.0 Å². The number of amides is 3. The maximum absolute atomic E-state index is 12.7. The number of hydrogen-bond acceptors (Lipinski definition) is 4. The van der Waals surface area contributed by atoms with Crippen molar-refractivity contribution in [2.24, 2.45) is 0 Å². The number of urea groups is 1. The number of sulfonamides is 1. The van der Waals surface area contributed by atoms with Crippen LogP contribution in [0.25, 0.3) is 0 Å². The van der Waals surface area contributed by atoms with Crippen molar-refractivity contribution in [3.05, 3.63) is 48.6 Å². The maximum atomic E-state index is 12.7. The van der Waals surface area contributed by atoms with Gasteiger partial charge in [0.1, 0.15) is 0 Å². The van der Waals surface area contributed by atoms with E-state index in [1.54, 1.807) is 4.90 Å². The predicted octanol–water partition coefficient (Wildman–Crippen LogP) is 0.719. The summed E-state index contributed by atoms with van der Waals surface area (Å²) in [7, 11) is -3.41. The fourth-order valence-electron chi connectivity index (χ4n) is 3.64. The fourth-order valence-corrected chi connectivity index (χ4v) is 5.64. The zero-order chi connectivity index (χ0) is 20.9. The molecule has 0 unspecified atom stereocenters. The molecule has 158 valence electrons. The van der Waals surface area contributed by atoms with E-state index in [0.29, 0.717) is 45.6 Å². The van der Waals surface area contributed by atoms with Gasteiger partial charge in [-0.1, -0.05) is 36.9 Å². The summed E-state index contributed by atoms with van der Waals surface area (Å²) in [5, 5.41) is 5.13. The van der Waals surface area contributed by atoms with Crippen molar-refractivity contribution in [3.8, 4) is 0 Å². The molecule has 2 saturated heterocycles. The van der Waals surface area contributed by atoms with E-state index in [2.05, 4.69) is 17.2 Å². The molecule has 9 heteroatoms. The number of likely N-dealkylation sites (tertiary alicyclic amines) is 1. The zero-order valence-corrected chi connectivity index (χ0v) is 17.2. The second kappa shape index (κ2) is 9.41. The number of nitrogens with one attached hydrogen (secondary N) is 2. The Morgan fingerprint density at radius 3 is 2.41 bits per heavy atom. The first-order valence-corrected chi connectivity index (χ1v) is 11.4. The Kier molecular flexibility index (Phi) is 6.92.